The van der Waals surface area contributed by atoms with E-state index >= 15 is 0 Å². The molecule has 1 rings (SSSR count). The Morgan fingerprint density at radius 2 is 1.94 bits per heavy atom. The molecular formula is C13H21NO3. The second-order valence-corrected chi connectivity index (χ2v) is 4.19. The van der Waals surface area contributed by atoms with E-state index in [1.165, 1.54) is 0 Å². The van der Waals surface area contributed by atoms with Crippen molar-refractivity contribution in [2.45, 2.75) is 25.5 Å². The molecule has 1 aromatic carbocycles. The lowest BCUT2D eigenvalue weighted by Crippen LogP contribution is -2.38. The van der Waals surface area contributed by atoms with Crippen molar-refractivity contribution in [3.8, 4) is 5.75 Å². The second kappa shape index (κ2) is 7.27. The molecule has 1 unspecified atom stereocenters. The van der Waals surface area contributed by atoms with Gasteiger partial charge in [-0.15, -0.1) is 0 Å². The molecule has 1 aromatic rings. The summed E-state index contributed by atoms with van der Waals surface area (Å²) in [6, 6.07) is 7.73. The Morgan fingerprint density at radius 1 is 1.29 bits per heavy atom. The molecule has 0 amide bonds. The van der Waals surface area contributed by atoms with Crippen molar-refractivity contribution in [2.75, 3.05) is 20.3 Å². The van der Waals surface area contributed by atoms with Crippen LogP contribution in [-0.4, -0.2) is 42.6 Å². The first-order valence-corrected chi connectivity index (χ1v) is 5.81. The van der Waals surface area contributed by atoms with Gasteiger partial charge in [-0.3, -0.25) is 0 Å². The lowest BCUT2D eigenvalue weighted by Gasteiger charge is -2.17. The van der Waals surface area contributed by atoms with Gasteiger partial charge in [0.05, 0.1) is 19.8 Å². The van der Waals surface area contributed by atoms with Gasteiger partial charge in [0.25, 0.3) is 0 Å². The lowest BCUT2D eigenvalue weighted by atomic mass is 10.1. The summed E-state index contributed by atoms with van der Waals surface area (Å²) in [4.78, 5) is 0. The molecule has 0 aliphatic heterocycles. The number of methoxy groups -OCH3 is 1. The summed E-state index contributed by atoms with van der Waals surface area (Å²) in [5.74, 6) is 0.825. The van der Waals surface area contributed by atoms with Crippen LogP contribution in [0.15, 0.2) is 24.3 Å². The van der Waals surface area contributed by atoms with Crippen LogP contribution in [0, 0.1) is 0 Å². The number of aliphatic hydroxyl groups excluding tert-OH is 2. The zero-order valence-corrected chi connectivity index (χ0v) is 10.4. The Balaban J connectivity index is 2.48. The van der Waals surface area contributed by atoms with Gasteiger partial charge in [0, 0.05) is 12.6 Å². The number of ether oxygens (including phenoxy) is 1. The van der Waals surface area contributed by atoms with Crippen LogP contribution >= 0.6 is 0 Å². The highest BCUT2D eigenvalue weighted by Crippen LogP contribution is 2.12. The number of hydrogen-bond donors (Lipinski definition) is 3. The SMILES string of the molecule is COc1ccc(C[C@@H](CO)NCC(C)O)cc1. The minimum Gasteiger partial charge on any atom is -0.497 e. The first-order chi connectivity index (χ1) is 8.15. The third-order valence-electron chi connectivity index (χ3n) is 2.56. The van der Waals surface area contributed by atoms with Crippen LogP contribution in [0.5, 0.6) is 5.75 Å². The highest BCUT2D eigenvalue weighted by molar-refractivity contribution is 5.27. The second-order valence-electron chi connectivity index (χ2n) is 4.19. The Hall–Kier alpha value is -1.10. The Labute approximate surface area is 102 Å². The van der Waals surface area contributed by atoms with Crippen LogP contribution < -0.4 is 10.1 Å². The highest BCUT2D eigenvalue weighted by atomic mass is 16.5. The molecule has 96 valence electrons. The van der Waals surface area contributed by atoms with Crippen LogP contribution in [0.25, 0.3) is 0 Å². The van der Waals surface area contributed by atoms with Gasteiger partial charge in [0.15, 0.2) is 0 Å². The number of nitrogens with one attached hydrogen (secondary N) is 1. The molecule has 17 heavy (non-hydrogen) atoms. The molecule has 3 N–H and O–H groups in total. The molecule has 0 aliphatic carbocycles. The van der Waals surface area contributed by atoms with E-state index < -0.39 is 6.10 Å². The zero-order chi connectivity index (χ0) is 12.7. The summed E-state index contributed by atoms with van der Waals surface area (Å²) in [5.41, 5.74) is 1.13. The summed E-state index contributed by atoms with van der Waals surface area (Å²) in [6.07, 6.45) is 0.327. The fraction of sp³-hybridized carbons (Fsp3) is 0.538. The first-order valence-electron chi connectivity index (χ1n) is 5.81. The summed E-state index contributed by atoms with van der Waals surface area (Å²) in [7, 11) is 1.63. The van der Waals surface area contributed by atoms with Gasteiger partial charge in [-0.25, -0.2) is 0 Å². The van der Waals surface area contributed by atoms with E-state index in [4.69, 9.17) is 4.74 Å². The molecule has 0 radical (unpaired) electrons. The van der Waals surface area contributed by atoms with E-state index in [0.717, 1.165) is 17.7 Å². The average Bonchev–Trinajstić information content (AvgIpc) is 2.35. The van der Waals surface area contributed by atoms with Gasteiger partial charge >= 0.3 is 0 Å². The van der Waals surface area contributed by atoms with Gasteiger partial charge in [-0.2, -0.15) is 0 Å². The Bertz CT molecular complexity index is 311. The fourth-order valence-electron chi connectivity index (χ4n) is 1.58. The zero-order valence-electron chi connectivity index (χ0n) is 10.4. The molecule has 0 aliphatic rings. The standard InChI is InChI=1S/C13H21NO3/c1-10(16)8-14-12(9-15)7-11-3-5-13(17-2)6-4-11/h3-6,10,12,14-16H,7-9H2,1-2H3/t10?,12-/m0/s1. The third-order valence-corrected chi connectivity index (χ3v) is 2.56. The van der Waals surface area contributed by atoms with Crippen molar-refractivity contribution in [1.29, 1.82) is 0 Å². The van der Waals surface area contributed by atoms with Gasteiger partial charge in [-0.1, -0.05) is 12.1 Å². The lowest BCUT2D eigenvalue weighted by molar-refractivity contribution is 0.172. The number of benzene rings is 1. The van der Waals surface area contributed by atoms with E-state index in [9.17, 15) is 10.2 Å². The summed E-state index contributed by atoms with van der Waals surface area (Å²) in [6.45, 7) is 2.26. The first kappa shape index (κ1) is 14.0. The molecule has 2 atom stereocenters. The van der Waals surface area contributed by atoms with Crippen molar-refractivity contribution in [2.24, 2.45) is 0 Å². The van der Waals surface area contributed by atoms with Crippen LogP contribution in [0.1, 0.15) is 12.5 Å². The average molecular weight is 239 g/mol. The van der Waals surface area contributed by atoms with E-state index in [-0.39, 0.29) is 12.6 Å². The molecule has 0 spiro atoms. The molecule has 0 fully saturated rings. The van der Waals surface area contributed by atoms with Gasteiger partial charge in [0.1, 0.15) is 5.75 Å². The predicted octanol–water partition coefficient (Wildman–Crippen LogP) is 0.569. The fourth-order valence-corrected chi connectivity index (χ4v) is 1.58. The number of aliphatic hydroxyl groups is 2. The normalized spacial score (nSPS) is 14.4. The number of hydrogen-bond acceptors (Lipinski definition) is 4. The van der Waals surface area contributed by atoms with Crippen LogP contribution in [0.2, 0.25) is 0 Å². The predicted molar refractivity (Wildman–Crippen MR) is 67.3 cm³/mol. The van der Waals surface area contributed by atoms with Gasteiger partial charge < -0.3 is 20.3 Å². The summed E-state index contributed by atoms with van der Waals surface area (Å²) < 4.78 is 5.08. The van der Waals surface area contributed by atoms with Crippen LogP contribution in [-0.2, 0) is 6.42 Å². The molecule has 0 aromatic heterocycles. The van der Waals surface area contributed by atoms with Gasteiger partial charge in [0.2, 0.25) is 0 Å². The van der Waals surface area contributed by atoms with Crippen molar-refractivity contribution in [3.05, 3.63) is 29.8 Å². The van der Waals surface area contributed by atoms with Crippen molar-refractivity contribution < 1.29 is 14.9 Å². The Kier molecular flexibility index (Phi) is 5.97. The maximum Gasteiger partial charge on any atom is 0.118 e. The topological polar surface area (TPSA) is 61.7 Å². The van der Waals surface area contributed by atoms with Crippen molar-refractivity contribution in [1.82, 2.24) is 5.32 Å². The maximum atomic E-state index is 9.23. The number of rotatable bonds is 7. The largest absolute Gasteiger partial charge is 0.497 e. The molecule has 4 nitrogen and oxygen atoms in total. The third kappa shape index (κ3) is 5.17. The van der Waals surface area contributed by atoms with E-state index in [1.54, 1.807) is 14.0 Å². The monoisotopic (exact) mass is 239 g/mol. The summed E-state index contributed by atoms with van der Waals surface area (Å²) >= 11 is 0. The van der Waals surface area contributed by atoms with Crippen LogP contribution in [0.4, 0.5) is 0 Å². The van der Waals surface area contributed by atoms with Crippen molar-refractivity contribution >= 4 is 0 Å². The van der Waals surface area contributed by atoms with E-state index in [2.05, 4.69) is 5.32 Å². The molecule has 0 saturated heterocycles. The van der Waals surface area contributed by atoms with Crippen LogP contribution in [0.3, 0.4) is 0 Å². The maximum absolute atomic E-state index is 9.23. The molecule has 4 heteroatoms. The summed E-state index contributed by atoms with van der Waals surface area (Å²) in [5, 5.41) is 21.5. The molecule has 0 heterocycles. The minimum absolute atomic E-state index is 0.0296. The Morgan fingerprint density at radius 3 is 2.41 bits per heavy atom. The van der Waals surface area contributed by atoms with Crippen molar-refractivity contribution in [3.63, 3.8) is 0 Å². The molecular weight excluding hydrogens is 218 g/mol. The quantitative estimate of drug-likeness (QED) is 0.651. The molecule has 0 saturated carbocycles. The minimum atomic E-state index is -0.403. The molecule has 0 bridgehead atoms. The van der Waals surface area contributed by atoms with Gasteiger partial charge in [-0.05, 0) is 31.0 Å². The van der Waals surface area contributed by atoms with E-state index in [0.29, 0.717) is 6.54 Å². The van der Waals surface area contributed by atoms with E-state index in [1.807, 2.05) is 24.3 Å². The smallest absolute Gasteiger partial charge is 0.118 e. The highest BCUT2D eigenvalue weighted by Gasteiger charge is 2.08.